The first-order valence-electron chi connectivity index (χ1n) is 5.73. The summed E-state index contributed by atoms with van der Waals surface area (Å²) in [4.78, 5) is 0. The van der Waals surface area contributed by atoms with E-state index < -0.39 is 0 Å². The van der Waals surface area contributed by atoms with Gasteiger partial charge in [0, 0.05) is 6.54 Å². The van der Waals surface area contributed by atoms with Crippen molar-refractivity contribution in [2.24, 2.45) is 0 Å². The molecule has 2 nitrogen and oxygen atoms in total. The quantitative estimate of drug-likeness (QED) is 0.616. The summed E-state index contributed by atoms with van der Waals surface area (Å²) in [5.74, 6) is 0. The summed E-state index contributed by atoms with van der Waals surface area (Å²) in [5.41, 5.74) is 9.01. The fourth-order valence-corrected chi connectivity index (χ4v) is 2.19. The van der Waals surface area contributed by atoms with Crippen LogP contribution in [0.15, 0.2) is 29.8 Å². The molecule has 1 aromatic rings. The van der Waals surface area contributed by atoms with Crippen molar-refractivity contribution in [3.8, 4) is 0 Å². The summed E-state index contributed by atoms with van der Waals surface area (Å²) in [7, 11) is 0. The summed E-state index contributed by atoms with van der Waals surface area (Å²) < 4.78 is 0. The zero-order valence-electron chi connectivity index (χ0n) is 9.30. The van der Waals surface area contributed by atoms with E-state index in [2.05, 4.69) is 11.4 Å². The molecule has 0 fully saturated rings. The van der Waals surface area contributed by atoms with Crippen molar-refractivity contribution < 1.29 is 0 Å². The number of anilines is 2. The van der Waals surface area contributed by atoms with Gasteiger partial charge in [0.1, 0.15) is 0 Å². The number of hydrogen-bond donors (Lipinski definition) is 2. The third-order valence-electron chi connectivity index (χ3n) is 2.95. The Morgan fingerprint density at radius 1 is 1.38 bits per heavy atom. The predicted molar refractivity (Wildman–Crippen MR) is 70.9 cm³/mol. The molecule has 0 saturated carbocycles. The van der Waals surface area contributed by atoms with Crippen molar-refractivity contribution in [2.45, 2.75) is 25.7 Å². The van der Waals surface area contributed by atoms with Crippen molar-refractivity contribution in [3.63, 3.8) is 0 Å². The Hall–Kier alpha value is -1.15. The monoisotopic (exact) mass is 236 g/mol. The number of hydrogen-bond acceptors (Lipinski definition) is 2. The van der Waals surface area contributed by atoms with E-state index in [9.17, 15) is 0 Å². The van der Waals surface area contributed by atoms with Crippen LogP contribution in [-0.4, -0.2) is 6.54 Å². The number of rotatable bonds is 4. The van der Waals surface area contributed by atoms with Gasteiger partial charge in [0.15, 0.2) is 0 Å². The highest BCUT2D eigenvalue weighted by molar-refractivity contribution is 6.33. The molecule has 1 aliphatic rings. The van der Waals surface area contributed by atoms with Gasteiger partial charge in [-0.15, -0.1) is 0 Å². The van der Waals surface area contributed by atoms with Crippen molar-refractivity contribution in [1.29, 1.82) is 0 Å². The molecule has 0 heterocycles. The van der Waals surface area contributed by atoms with Crippen molar-refractivity contribution in [2.75, 3.05) is 17.6 Å². The van der Waals surface area contributed by atoms with Crippen LogP contribution in [0.4, 0.5) is 11.4 Å². The highest BCUT2D eigenvalue weighted by atomic mass is 35.5. The molecule has 0 radical (unpaired) electrons. The summed E-state index contributed by atoms with van der Waals surface area (Å²) in [6.07, 6.45) is 7.27. The van der Waals surface area contributed by atoms with E-state index in [0.717, 1.165) is 18.7 Å². The van der Waals surface area contributed by atoms with Gasteiger partial charge in [0.2, 0.25) is 0 Å². The number of para-hydroxylation sites is 1. The maximum Gasteiger partial charge on any atom is 0.0739 e. The number of nitrogens with two attached hydrogens (primary N) is 1. The second-order valence-electron chi connectivity index (χ2n) is 4.13. The van der Waals surface area contributed by atoms with E-state index in [0.29, 0.717) is 10.7 Å². The fraction of sp³-hybridized carbons (Fsp3) is 0.385. The molecular formula is C13H17ClN2. The molecular weight excluding hydrogens is 220 g/mol. The van der Waals surface area contributed by atoms with E-state index in [1.165, 1.54) is 19.3 Å². The zero-order valence-corrected chi connectivity index (χ0v) is 10.1. The minimum atomic E-state index is 0.616. The van der Waals surface area contributed by atoms with Gasteiger partial charge in [0.25, 0.3) is 0 Å². The third kappa shape index (κ3) is 2.70. The topological polar surface area (TPSA) is 38.0 Å². The van der Waals surface area contributed by atoms with Gasteiger partial charge in [-0.25, -0.2) is 0 Å². The van der Waals surface area contributed by atoms with E-state index >= 15 is 0 Å². The lowest BCUT2D eigenvalue weighted by Crippen LogP contribution is -2.05. The lowest BCUT2D eigenvalue weighted by molar-refractivity contribution is 0.863. The average molecular weight is 237 g/mol. The molecule has 86 valence electrons. The molecule has 1 aliphatic carbocycles. The van der Waals surface area contributed by atoms with Crippen molar-refractivity contribution in [1.82, 2.24) is 0 Å². The molecule has 16 heavy (non-hydrogen) atoms. The van der Waals surface area contributed by atoms with Crippen LogP contribution in [0.3, 0.4) is 0 Å². The van der Waals surface area contributed by atoms with Crippen LogP contribution in [-0.2, 0) is 0 Å². The van der Waals surface area contributed by atoms with E-state index in [1.807, 2.05) is 18.2 Å². The minimum Gasteiger partial charge on any atom is -0.396 e. The molecule has 0 aromatic heterocycles. The first kappa shape index (κ1) is 11.3. The Morgan fingerprint density at radius 3 is 3.00 bits per heavy atom. The van der Waals surface area contributed by atoms with E-state index in [-0.39, 0.29) is 0 Å². The maximum atomic E-state index is 5.94. The van der Waals surface area contributed by atoms with Crippen LogP contribution in [0.25, 0.3) is 0 Å². The Morgan fingerprint density at radius 2 is 2.25 bits per heavy atom. The number of nitrogens with one attached hydrogen (secondary N) is 1. The smallest absolute Gasteiger partial charge is 0.0739 e. The molecule has 2 rings (SSSR count). The zero-order chi connectivity index (χ0) is 11.4. The molecule has 0 saturated heterocycles. The predicted octanol–water partition coefficient (Wildman–Crippen LogP) is 3.83. The first-order valence-corrected chi connectivity index (χ1v) is 6.11. The van der Waals surface area contributed by atoms with Gasteiger partial charge in [-0.1, -0.05) is 29.3 Å². The molecule has 0 atom stereocenters. The van der Waals surface area contributed by atoms with Crippen LogP contribution in [0.1, 0.15) is 25.7 Å². The lowest BCUT2D eigenvalue weighted by Gasteiger charge is -2.10. The standard InChI is InChI=1S/C13H17ClN2/c14-11-6-3-7-12(13(11)15)16-9-8-10-4-1-2-5-10/h3-4,6-7,16H,1-2,5,8-9,15H2. The highest BCUT2D eigenvalue weighted by Gasteiger charge is 2.05. The maximum absolute atomic E-state index is 5.94. The fourth-order valence-electron chi connectivity index (χ4n) is 2.01. The minimum absolute atomic E-state index is 0.616. The molecule has 0 amide bonds. The second kappa shape index (κ2) is 5.26. The van der Waals surface area contributed by atoms with Crippen molar-refractivity contribution >= 4 is 23.0 Å². The van der Waals surface area contributed by atoms with Crippen LogP contribution in [0, 0.1) is 0 Å². The Balaban J connectivity index is 1.87. The summed E-state index contributed by atoms with van der Waals surface area (Å²) >= 11 is 5.94. The number of halogens is 1. The lowest BCUT2D eigenvalue weighted by atomic mass is 10.1. The van der Waals surface area contributed by atoms with E-state index in [4.69, 9.17) is 17.3 Å². The summed E-state index contributed by atoms with van der Waals surface area (Å²) in [6.45, 7) is 0.927. The highest BCUT2D eigenvalue weighted by Crippen LogP contribution is 2.27. The molecule has 1 aromatic carbocycles. The van der Waals surface area contributed by atoms with Gasteiger partial charge in [-0.05, 0) is 37.8 Å². The van der Waals surface area contributed by atoms with Gasteiger partial charge in [-0.3, -0.25) is 0 Å². The van der Waals surface area contributed by atoms with E-state index in [1.54, 1.807) is 5.57 Å². The van der Waals surface area contributed by atoms with Crippen LogP contribution in [0.2, 0.25) is 5.02 Å². The number of benzene rings is 1. The van der Waals surface area contributed by atoms with Crippen LogP contribution in [0.5, 0.6) is 0 Å². The SMILES string of the molecule is Nc1c(Cl)cccc1NCCC1=CCCC1. The van der Waals surface area contributed by atoms with Gasteiger partial charge >= 0.3 is 0 Å². The van der Waals surface area contributed by atoms with Gasteiger partial charge in [0.05, 0.1) is 16.4 Å². The number of nitrogen functional groups attached to an aromatic ring is 1. The normalized spacial score (nSPS) is 14.9. The molecule has 0 spiro atoms. The van der Waals surface area contributed by atoms with Crippen molar-refractivity contribution in [3.05, 3.63) is 34.9 Å². The molecule has 3 heteroatoms. The second-order valence-corrected chi connectivity index (χ2v) is 4.54. The van der Waals surface area contributed by atoms with Crippen LogP contribution >= 0.6 is 11.6 Å². The first-order chi connectivity index (χ1) is 7.77. The Labute approximate surface area is 101 Å². The largest absolute Gasteiger partial charge is 0.396 e. The Kier molecular flexibility index (Phi) is 3.73. The molecule has 0 bridgehead atoms. The van der Waals surface area contributed by atoms with Gasteiger partial charge in [-0.2, -0.15) is 0 Å². The molecule has 0 unspecified atom stereocenters. The Bertz CT molecular complexity index is 399. The summed E-state index contributed by atoms with van der Waals surface area (Å²) in [6, 6.07) is 5.68. The molecule has 3 N–H and O–H groups in total. The molecule has 0 aliphatic heterocycles. The average Bonchev–Trinajstić information content (AvgIpc) is 2.77. The summed E-state index contributed by atoms with van der Waals surface area (Å²) in [5, 5.41) is 3.95. The third-order valence-corrected chi connectivity index (χ3v) is 3.28. The van der Waals surface area contributed by atoms with Gasteiger partial charge < -0.3 is 11.1 Å². The number of allylic oxidation sites excluding steroid dienone is 1. The van der Waals surface area contributed by atoms with Crippen LogP contribution < -0.4 is 11.1 Å².